The van der Waals surface area contributed by atoms with Crippen LogP contribution in [-0.4, -0.2) is 5.01 Å². The molecule has 0 fully saturated rings. The molecule has 0 bridgehead atoms. The lowest BCUT2D eigenvalue weighted by Crippen LogP contribution is -2.35. The zero-order valence-electron chi connectivity index (χ0n) is 22.9. The quantitative estimate of drug-likeness (QED) is 0.205. The summed E-state index contributed by atoms with van der Waals surface area (Å²) in [4.78, 5) is 13.5. The van der Waals surface area contributed by atoms with Crippen LogP contribution in [-0.2, 0) is 6.54 Å². The highest BCUT2D eigenvalue weighted by atomic mass is 16.3. The monoisotopic (exact) mass is 530 g/mol. The number of rotatable bonds is 7. The zero-order valence-corrected chi connectivity index (χ0v) is 22.9. The Morgan fingerprint density at radius 1 is 0.925 bits per heavy atom. The molecule has 0 aliphatic carbocycles. The highest BCUT2D eigenvalue weighted by Crippen LogP contribution is 2.33. The Labute approximate surface area is 235 Å². The van der Waals surface area contributed by atoms with E-state index >= 15 is 0 Å². The van der Waals surface area contributed by atoms with E-state index in [4.69, 9.17) is 4.42 Å². The molecule has 0 amide bonds. The van der Waals surface area contributed by atoms with E-state index in [1.165, 1.54) is 5.56 Å². The first-order chi connectivity index (χ1) is 19.5. The first kappa shape index (κ1) is 25.5. The van der Waals surface area contributed by atoms with E-state index in [0.717, 1.165) is 40.2 Å². The van der Waals surface area contributed by atoms with Gasteiger partial charge in [-0.25, -0.2) is 0 Å². The van der Waals surface area contributed by atoms with Gasteiger partial charge in [-0.3, -0.25) is 9.80 Å². The van der Waals surface area contributed by atoms with E-state index in [-0.39, 0.29) is 12.9 Å². The summed E-state index contributed by atoms with van der Waals surface area (Å²) < 4.78 is 6.52. The van der Waals surface area contributed by atoms with Gasteiger partial charge in [0, 0.05) is 35.6 Å². The van der Waals surface area contributed by atoms with Gasteiger partial charge in [-0.15, -0.1) is 5.53 Å². The molecule has 4 aromatic carbocycles. The second kappa shape index (κ2) is 10.8. The molecule has 0 saturated heterocycles. The van der Waals surface area contributed by atoms with Gasteiger partial charge in [-0.05, 0) is 44.0 Å². The van der Waals surface area contributed by atoms with Gasteiger partial charge >= 0.3 is 0 Å². The predicted molar refractivity (Wildman–Crippen MR) is 164 cm³/mol. The Hall–Kier alpha value is -4.81. The minimum absolute atomic E-state index is 0. The van der Waals surface area contributed by atoms with Crippen molar-refractivity contribution >= 4 is 22.4 Å². The summed E-state index contributed by atoms with van der Waals surface area (Å²) in [6, 6.07) is 32.3. The van der Waals surface area contributed by atoms with Gasteiger partial charge in [0.25, 0.3) is 0 Å². The molecule has 6 rings (SSSR count). The van der Waals surface area contributed by atoms with Crippen molar-refractivity contribution in [1.82, 2.24) is 16.0 Å². The summed E-state index contributed by atoms with van der Waals surface area (Å²) >= 11 is 0. The molecule has 0 saturated carbocycles. The highest BCUT2D eigenvalue weighted by molar-refractivity contribution is 5.85. The highest BCUT2D eigenvalue weighted by Gasteiger charge is 2.21. The van der Waals surface area contributed by atoms with Crippen LogP contribution in [0.5, 0.6) is 0 Å². The molecule has 0 radical (unpaired) electrons. The Balaban J connectivity index is 0.00000337. The summed E-state index contributed by atoms with van der Waals surface area (Å²) in [5.74, 6) is 0.612. The number of hydrazine groups is 2. The summed E-state index contributed by atoms with van der Waals surface area (Å²) in [7, 11) is 0. The number of benzene rings is 4. The van der Waals surface area contributed by atoms with Crippen LogP contribution >= 0.6 is 0 Å². The average molecular weight is 531 g/mol. The van der Waals surface area contributed by atoms with Crippen molar-refractivity contribution in [3.8, 4) is 11.3 Å². The molecule has 1 aliphatic heterocycles. The first-order valence-corrected chi connectivity index (χ1v) is 13.5. The van der Waals surface area contributed by atoms with E-state index < -0.39 is 0 Å². The van der Waals surface area contributed by atoms with E-state index in [1.54, 1.807) is 0 Å². The second-order valence-corrected chi connectivity index (χ2v) is 10.3. The van der Waals surface area contributed by atoms with Crippen molar-refractivity contribution in [2.24, 2.45) is 0 Å². The zero-order chi connectivity index (χ0) is 27.6. The maximum Gasteiger partial charge on any atom is 0.196 e. The van der Waals surface area contributed by atoms with Crippen molar-refractivity contribution in [3.63, 3.8) is 0 Å². The fraction of sp³-hybridized carbons (Fsp3) is 0.147. The van der Waals surface area contributed by atoms with Crippen molar-refractivity contribution < 1.29 is 5.84 Å². The predicted octanol–water partition coefficient (Wildman–Crippen LogP) is 7.32. The number of hydrogen-bond acceptors (Lipinski definition) is 6. The summed E-state index contributed by atoms with van der Waals surface area (Å²) in [6.07, 6.45) is 2.08. The maximum atomic E-state index is 13.5. The fourth-order valence-electron chi connectivity index (χ4n) is 5.26. The Morgan fingerprint density at radius 2 is 1.62 bits per heavy atom. The van der Waals surface area contributed by atoms with Crippen LogP contribution in [0.2, 0.25) is 0 Å². The molecule has 1 aromatic heterocycles. The molecule has 40 heavy (non-hydrogen) atoms. The SMILES string of the molecule is Cc1cc([C@@H](C)Nc2ccccc2C2=CN(Cc3ccccc3)NN2)c2oc(-c3ccccc3)c(C)c(=O)c2c1.[HH]. The fourth-order valence-corrected chi connectivity index (χ4v) is 5.26. The molecule has 0 unspecified atom stereocenters. The molecule has 1 atom stereocenters. The van der Waals surface area contributed by atoms with E-state index in [2.05, 4.69) is 59.7 Å². The third kappa shape index (κ3) is 4.97. The lowest BCUT2D eigenvalue weighted by Gasteiger charge is -2.21. The number of nitrogens with one attached hydrogen (secondary N) is 3. The number of fused-ring (bicyclic) bond motifs is 1. The lowest BCUT2D eigenvalue weighted by atomic mass is 9.98. The van der Waals surface area contributed by atoms with Crippen LogP contribution in [0, 0.1) is 13.8 Å². The van der Waals surface area contributed by atoms with Gasteiger partial charge < -0.3 is 15.2 Å². The van der Waals surface area contributed by atoms with E-state index in [9.17, 15) is 4.79 Å². The van der Waals surface area contributed by atoms with Gasteiger partial charge in [-0.2, -0.15) is 0 Å². The number of nitrogens with zero attached hydrogens (tertiary/aromatic N) is 1. The molecule has 3 N–H and O–H groups in total. The third-order valence-electron chi connectivity index (χ3n) is 7.30. The van der Waals surface area contributed by atoms with Crippen LogP contribution in [0.3, 0.4) is 0 Å². The Bertz CT molecular complexity index is 1770. The molecular weight excluding hydrogens is 496 g/mol. The van der Waals surface area contributed by atoms with Crippen LogP contribution in [0.4, 0.5) is 5.69 Å². The van der Waals surface area contributed by atoms with Crippen molar-refractivity contribution in [2.45, 2.75) is 33.4 Å². The first-order valence-electron chi connectivity index (χ1n) is 13.5. The Kier molecular flexibility index (Phi) is 6.84. The van der Waals surface area contributed by atoms with Crippen LogP contribution in [0.1, 0.15) is 42.2 Å². The topological polar surface area (TPSA) is 69.5 Å². The van der Waals surface area contributed by atoms with Gasteiger partial charge in [0.1, 0.15) is 11.3 Å². The standard InChI is InChI=1S/C34H32N4O2.H2/c1-22-18-28(34-29(19-22)32(39)23(2)33(40-34)26-14-8-5-9-15-26)24(3)35-30-17-11-10-16-27(30)31-21-38(37-36-31)20-25-12-6-4-7-13-25;/h4-19,21,24,35-37H,20H2,1-3H3;1H/t24-;/m1./s1. The van der Waals surface area contributed by atoms with Crippen LogP contribution in [0.15, 0.2) is 112 Å². The Morgan fingerprint density at radius 3 is 2.40 bits per heavy atom. The number of hydrogen-bond donors (Lipinski definition) is 3. The van der Waals surface area contributed by atoms with E-state index in [1.807, 2.05) is 85.6 Å². The van der Waals surface area contributed by atoms with Crippen LogP contribution < -0.4 is 21.7 Å². The number of para-hydroxylation sites is 1. The smallest absolute Gasteiger partial charge is 0.196 e. The minimum atomic E-state index is -0.131. The number of anilines is 1. The van der Waals surface area contributed by atoms with Gasteiger partial charge in [0.2, 0.25) is 0 Å². The maximum absolute atomic E-state index is 13.5. The normalized spacial score (nSPS) is 13.7. The second-order valence-electron chi connectivity index (χ2n) is 10.3. The molecular formula is C34H34N4O2. The van der Waals surface area contributed by atoms with Crippen molar-refractivity contribution in [1.29, 1.82) is 0 Å². The van der Waals surface area contributed by atoms with Crippen molar-refractivity contribution in [3.05, 3.63) is 141 Å². The minimum Gasteiger partial charge on any atom is -0.455 e. The summed E-state index contributed by atoms with van der Waals surface area (Å²) in [6.45, 7) is 6.69. The number of aryl methyl sites for hydroxylation is 1. The molecule has 1 aliphatic rings. The molecule has 6 heteroatoms. The molecule has 6 nitrogen and oxygen atoms in total. The van der Waals surface area contributed by atoms with Gasteiger partial charge in [-0.1, -0.05) is 84.9 Å². The molecule has 202 valence electrons. The summed E-state index contributed by atoms with van der Waals surface area (Å²) in [5, 5.41) is 6.33. The van der Waals surface area contributed by atoms with Crippen LogP contribution in [0.25, 0.3) is 28.0 Å². The average Bonchev–Trinajstić information content (AvgIpc) is 3.44. The van der Waals surface area contributed by atoms with E-state index in [0.29, 0.717) is 22.3 Å². The lowest BCUT2D eigenvalue weighted by molar-refractivity contribution is 0.265. The largest absolute Gasteiger partial charge is 0.455 e. The molecule has 0 spiro atoms. The molecule has 5 aromatic rings. The van der Waals surface area contributed by atoms with Gasteiger partial charge in [0.15, 0.2) is 5.43 Å². The molecule has 2 heterocycles. The third-order valence-corrected chi connectivity index (χ3v) is 7.30. The van der Waals surface area contributed by atoms with Crippen molar-refractivity contribution in [2.75, 3.05) is 5.32 Å². The summed E-state index contributed by atoms with van der Waals surface area (Å²) in [5.41, 5.74) is 14.8. The van der Waals surface area contributed by atoms with Gasteiger partial charge in [0.05, 0.1) is 23.7 Å².